The lowest BCUT2D eigenvalue weighted by atomic mass is 10.1. The number of benzene rings is 3. The molecule has 3 aromatic carbocycles. The van der Waals surface area contributed by atoms with E-state index < -0.39 is 21.5 Å². The molecular weight excluding hydrogens is 310 g/mol. The third kappa shape index (κ3) is 3.57. The molecule has 0 radical (unpaired) electrons. The van der Waals surface area contributed by atoms with Crippen molar-refractivity contribution in [2.75, 3.05) is 11.1 Å². The summed E-state index contributed by atoms with van der Waals surface area (Å²) >= 11 is 0. The Morgan fingerprint density at radius 3 is 2.22 bits per heavy atom. The van der Waals surface area contributed by atoms with Crippen LogP contribution >= 0.6 is 0 Å². The number of carbonyl (C=O) groups excluding carboxylic acids is 1. The molecule has 0 aliphatic heterocycles. The fourth-order valence-corrected chi connectivity index (χ4v) is 3.50. The average molecular weight is 325 g/mol. The predicted octanol–water partition coefficient (Wildman–Crippen LogP) is 3.25. The summed E-state index contributed by atoms with van der Waals surface area (Å²) in [6.07, 6.45) is 0. The van der Waals surface area contributed by atoms with Crippen LogP contribution < -0.4 is 5.32 Å². The van der Waals surface area contributed by atoms with Crippen molar-refractivity contribution >= 4 is 32.2 Å². The first-order chi connectivity index (χ1) is 11.0. The van der Waals surface area contributed by atoms with Crippen LogP contribution in [0.2, 0.25) is 0 Å². The topological polar surface area (TPSA) is 63.2 Å². The van der Waals surface area contributed by atoms with Gasteiger partial charge in [0.05, 0.1) is 4.90 Å². The van der Waals surface area contributed by atoms with Gasteiger partial charge in [-0.2, -0.15) is 0 Å². The lowest BCUT2D eigenvalue weighted by Gasteiger charge is -2.07. The highest BCUT2D eigenvalue weighted by atomic mass is 32.2. The second-order valence-corrected chi connectivity index (χ2v) is 7.17. The average Bonchev–Trinajstić information content (AvgIpc) is 2.55. The molecule has 3 rings (SSSR count). The molecule has 0 saturated carbocycles. The number of rotatable bonds is 4. The van der Waals surface area contributed by atoms with E-state index in [2.05, 4.69) is 5.32 Å². The number of fused-ring (bicyclic) bond motifs is 1. The molecule has 116 valence electrons. The fourth-order valence-electron chi connectivity index (χ4n) is 2.35. The first-order valence-corrected chi connectivity index (χ1v) is 8.76. The smallest absolute Gasteiger partial charge is 0.239 e. The number of hydrogen-bond acceptors (Lipinski definition) is 3. The number of hydrogen-bond donors (Lipinski definition) is 1. The first-order valence-electron chi connectivity index (χ1n) is 7.11. The Kier molecular flexibility index (Phi) is 4.12. The summed E-state index contributed by atoms with van der Waals surface area (Å²) < 4.78 is 24.4. The minimum Gasteiger partial charge on any atom is -0.325 e. The molecule has 0 fully saturated rings. The van der Waals surface area contributed by atoms with Crippen molar-refractivity contribution in [3.05, 3.63) is 72.8 Å². The predicted molar refractivity (Wildman–Crippen MR) is 91.1 cm³/mol. The van der Waals surface area contributed by atoms with Gasteiger partial charge in [-0.05, 0) is 35.0 Å². The van der Waals surface area contributed by atoms with Gasteiger partial charge in [0, 0.05) is 5.69 Å². The number of carbonyl (C=O) groups is 1. The standard InChI is InChI=1S/C18H15NO3S/c20-18(13-23(21,22)17-8-2-1-3-9-17)19-16-11-10-14-6-4-5-7-15(14)12-16/h1-12H,13H2,(H,19,20). The number of amides is 1. The van der Waals surface area contributed by atoms with Crippen LogP contribution in [0.4, 0.5) is 5.69 Å². The maximum atomic E-state index is 12.2. The second-order valence-electron chi connectivity index (χ2n) is 5.18. The van der Waals surface area contributed by atoms with Crippen molar-refractivity contribution in [3.8, 4) is 0 Å². The molecule has 0 bridgehead atoms. The van der Waals surface area contributed by atoms with E-state index in [9.17, 15) is 13.2 Å². The van der Waals surface area contributed by atoms with Gasteiger partial charge in [0.1, 0.15) is 5.75 Å². The van der Waals surface area contributed by atoms with Crippen molar-refractivity contribution in [2.45, 2.75) is 4.90 Å². The maximum Gasteiger partial charge on any atom is 0.239 e. The minimum absolute atomic E-state index is 0.147. The molecule has 0 atom stereocenters. The summed E-state index contributed by atoms with van der Waals surface area (Å²) in [4.78, 5) is 12.2. The molecule has 0 unspecified atom stereocenters. The Morgan fingerprint density at radius 2 is 1.48 bits per heavy atom. The highest BCUT2D eigenvalue weighted by Gasteiger charge is 2.19. The summed E-state index contributed by atoms with van der Waals surface area (Å²) in [5, 5.41) is 4.68. The van der Waals surface area contributed by atoms with E-state index >= 15 is 0 Å². The highest BCUT2D eigenvalue weighted by molar-refractivity contribution is 7.92. The molecule has 0 spiro atoms. The zero-order valence-electron chi connectivity index (χ0n) is 12.3. The van der Waals surface area contributed by atoms with Gasteiger partial charge in [-0.3, -0.25) is 4.79 Å². The Bertz CT molecular complexity index is 950. The highest BCUT2D eigenvalue weighted by Crippen LogP contribution is 2.19. The van der Waals surface area contributed by atoms with E-state index in [1.165, 1.54) is 12.1 Å². The molecular formula is C18H15NO3S. The number of anilines is 1. The molecule has 0 aromatic heterocycles. The van der Waals surface area contributed by atoms with Gasteiger partial charge in [0.25, 0.3) is 0 Å². The molecule has 1 amide bonds. The van der Waals surface area contributed by atoms with Crippen LogP contribution in [0.3, 0.4) is 0 Å². The van der Waals surface area contributed by atoms with Crippen LogP contribution in [0.15, 0.2) is 77.7 Å². The van der Waals surface area contributed by atoms with Crippen molar-refractivity contribution in [3.63, 3.8) is 0 Å². The van der Waals surface area contributed by atoms with E-state index in [0.717, 1.165) is 10.8 Å². The van der Waals surface area contributed by atoms with Crippen LogP contribution in [0.1, 0.15) is 0 Å². The molecule has 0 aliphatic rings. The summed E-state index contributed by atoms with van der Waals surface area (Å²) in [6.45, 7) is 0. The van der Waals surface area contributed by atoms with Crippen molar-refractivity contribution in [1.82, 2.24) is 0 Å². The van der Waals surface area contributed by atoms with Crippen LogP contribution in [0.5, 0.6) is 0 Å². The zero-order valence-corrected chi connectivity index (χ0v) is 13.1. The molecule has 0 saturated heterocycles. The normalized spacial score (nSPS) is 11.3. The van der Waals surface area contributed by atoms with Crippen molar-refractivity contribution in [1.29, 1.82) is 0 Å². The van der Waals surface area contributed by atoms with Gasteiger partial charge in [-0.25, -0.2) is 8.42 Å². The summed E-state index contributed by atoms with van der Waals surface area (Å²) in [5.41, 5.74) is 0.581. The van der Waals surface area contributed by atoms with Gasteiger partial charge in [-0.15, -0.1) is 0 Å². The summed E-state index contributed by atoms with van der Waals surface area (Å²) in [6, 6.07) is 21.2. The van der Waals surface area contributed by atoms with Crippen LogP contribution in [0.25, 0.3) is 10.8 Å². The van der Waals surface area contributed by atoms with Crippen LogP contribution in [-0.4, -0.2) is 20.1 Å². The SMILES string of the molecule is O=C(CS(=O)(=O)c1ccccc1)Nc1ccc2ccccc2c1. The molecule has 0 aliphatic carbocycles. The third-order valence-electron chi connectivity index (χ3n) is 3.46. The number of nitrogens with one attached hydrogen (secondary N) is 1. The van der Waals surface area contributed by atoms with Gasteiger partial charge in [0.2, 0.25) is 5.91 Å². The van der Waals surface area contributed by atoms with Gasteiger partial charge < -0.3 is 5.32 Å². The lowest BCUT2D eigenvalue weighted by Crippen LogP contribution is -2.22. The van der Waals surface area contributed by atoms with Gasteiger partial charge in [0.15, 0.2) is 9.84 Å². The third-order valence-corrected chi connectivity index (χ3v) is 5.09. The number of sulfone groups is 1. The Morgan fingerprint density at radius 1 is 0.826 bits per heavy atom. The molecule has 23 heavy (non-hydrogen) atoms. The largest absolute Gasteiger partial charge is 0.325 e. The van der Waals surface area contributed by atoms with Gasteiger partial charge >= 0.3 is 0 Å². The molecule has 5 heteroatoms. The molecule has 4 nitrogen and oxygen atoms in total. The summed E-state index contributed by atoms with van der Waals surface area (Å²) in [7, 11) is -3.63. The molecule has 0 heterocycles. The Balaban J connectivity index is 1.76. The quantitative estimate of drug-likeness (QED) is 0.801. The van der Waals surface area contributed by atoms with E-state index in [1.54, 1.807) is 24.3 Å². The summed E-state index contributed by atoms with van der Waals surface area (Å²) in [5.74, 6) is -1.13. The van der Waals surface area contributed by atoms with E-state index in [0.29, 0.717) is 5.69 Å². The van der Waals surface area contributed by atoms with E-state index in [1.807, 2.05) is 36.4 Å². The fraction of sp³-hybridized carbons (Fsp3) is 0.0556. The van der Waals surface area contributed by atoms with Crippen LogP contribution in [0, 0.1) is 0 Å². The Labute approximate surface area is 134 Å². The van der Waals surface area contributed by atoms with E-state index in [4.69, 9.17) is 0 Å². The first kappa shape index (κ1) is 15.2. The van der Waals surface area contributed by atoms with Gasteiger partial charge in [-0.1, -0.05) is 48.5 Å². The van der Waals surface area contributed by atoms with Crippen molar-refractivity contribution < 1.29 is 13.2 Å². The minimum atomic E-state index is -3.63. The van der Waals surface area contributed by atoms with E-state index in [-0.39, 0.29) is 4.90 Å². The lowest BCUT2D eigenvalue weighted by molar-refractivity contribution is -0.113. The molecule has 3 aromatic rings. The maximum absolute atomic E-state index is 12.2. The monoisotopic (exact) mass is 325 g/mol. The zero-order chi connectivity index (χ0) is 16.3. The Hall–Kier alpha value is -2.66. The molecule has 1 N–H and O–H groups in total. The second kappa shape index (κ2) is 6.22. The van der Waals surface area contributed by atoms with Crippen LogP contribution in [-0.2, 0) is 14.6 Å². The van der Waals surface area contributed by atoms with Crippen molar-refractivity contribution in [2.24, 2.45) is 0 Å².